The lowest BCUT2D eigenvalue weighted by atomic mass is 9.96. The Hall–Kier alpha value is -5.99. The topological polar surface area (TPSA) is 434 Å². The molecule has 0 spiro atoms. The van der Waals surface area contributed by atoms with Crippen molar-refractivity contribution in [3.63, 3.8) is 0 Å². The van der Waals surface area contributed by atoms with Crippen molar-refractivity contribution in [3.8, 4) is 0 Å². The number of amides is 9. The van der Waals surface area contributed by atoms with Crippen molar-refractivity contribution in [2.45, 2.75) is 173 Å². The molecule has 0 radical (unpaired) electrons. The van der Waals surface area contributed by atoms with Gasteiger partial charge in [-0.25, -0.2) is 4.79 Å². The summed E-state index contributed by atoms with van der Waals surface area (Å²) in [6, 6.07) is -12.9. The number of nitrogens with zero attached hydrogens (tertiary/aromatic N) is 1. The van der Waals surface area contributed by atoms with E-state index in [9.17, 15) is 73.2 Å². The molecule has 0 aromatic rings. The average molecular weight is 1000 g/mol. The zero-order valence-corrected chi connectivity index (χ0v) is 41.2. The fourth-order valence-electron chi connectivity index (χ4n) is 7.38. The van der Waals surface area contributed by atoms with Crippen LogP contribution in [-0.2, 0) is 52.7 Å². The number of hydrogen-bond donors (Lipinski definition) is 14. The van der Waals surface area contributed by atoms with Crippen LogP contribution in [0.15, 0.2) is 0 Å². The Balaban J connectivity index is 3.40. The van der Waals surface area contributed by atoms with Crippen LogP contribution in [0.2, 0.25) is 0 Å². The van der Waals surface area contributed by atoms with E-state index in [0.717, 1.165) is 0 Å². The minimum Gasteiger partial charge on any atom is -0.481 e. The average Bonchev–Trinajstić information content (AvgIpc) is 3.78. The second kappa shape index (κ2) is 30.6. The smallest absolute Gasteiger partial charge is 0.326 e. The Labute approximate surface area is 407 Å². The first-order valence-electron chi connectivity index (χ1n) is 23.6. The molecule has 0 aromatic heterocycles. The summed E-state index contributed by atoms with van der Waals surface area (Å²) in [6.07, 6.45) is -1.42. The number of aliphatic hydroxyl groups is 2. The SMILES string of the molecule is CC[C@H](C)[C@H](NC(=O)[C@H](CCC(=O)O)NC(=O)[C@H](CO)NC(=O)[C@@H](N)[C@@H](C)O)C(=O)N[C@@H](CC(N)=O)C(=O)N[C@@H](CC(C)C)C(=O)N1CCC[C@H]1C(=O)N[C@H](C(=O)N[C@@H](CCCCN)C(=O)O)C(C)C. The zero-order valence-electron chi connectivity index (χ0n) is 41.2. The molecule has 1 rings (SSSR count). The normalized spacial score (nSPS) is 17.8. The van der Waals surface area contributed by atoms with Crippen molar-refractivity contribution in [2.75, 3.05) is 19.7 Å². The molecule has 1 aliphatic heterocycles. The quantitative estimate of drug-likeness (QED) is 0.0284. The summed E-state index contributed by atoms with van der Waals surface area (Å²) < 4.78 is 0. The maximum Gasteiger partial charge on any atom is 0.326 e. The number of primary amides is 1. The number of carboxylic acids is 2. The number of aliphatic carboxylic acids is 2. The molecule has 0 aliphatic carbocycles. The molecule has 1 fully saturated rings. The highest BCUT2D eigenvalue weighted by atomic mass is 16.4. The van der Waals surface area contributed by atoms with Gasteiger partial charge in [0, 0.05) is 13.0 Å². The lowest BCUT2D eigenvalue weighted by molar-refractivity contribution is -0.144. The molecular weight excluding hydrogens is 923 g/mol. The maximum atomic E-state index is 14.3. The third-order valence-corrected chi connectivity index (χ3v) is 11.7. The zero-order chi connectivity index (χ0) is 53.6. The number of nitrogens with two attached hydrogens (primary N) is 3. The molecule has 17 N–H and O–H groups in total. The lowest BCUT2D eigenvalue weighted by Gasteiger charge is -2.32. The summed E-state index contributed by atoms with van der Waals surface area (Å²) in [5, 5.41) is 55.5. The van der Waals surface area contributed by atoms with Crippen molar-refractivity contribution in [2.24, 2.45) is 35.0 Å². The lowest BCUT2D eigenvalue weighted by Crippen LogP contribution is -2.62. The first-order chi connectivity index (χ1) is 32.7. The molecule has 1 heterocycles. The van der Waals surface area contributed by atoms with Crippen molar-refractivity contribution >= 4 is 65.1 Å². The van der Waals surface area contributed by atoms with Crippen LogP contribution in [0.5, 0.6) is 0 Å². The number of carbonyl (C=O) groups is 11. The van der Waals surface area contributed by atoms with E-state index in [1.54, 1.807) is 41.5 Å². The highest BCUT2D eigenvalue weighted by molar-refractivity contribution is 5.99. The molecule has 398 valence electrons. The predicted molar refractivity (Wildman–Crippen MR) is 250 cm³/mol. The number of unbranched alkanes of at least 4 members (excludes halogenated alkanes) is 1. The summed E-state index contributed by atoms with van der Waals surface area (Å²) in [5.74, 6) is -12.5. The van der Waals surface area contributed by atoms with Crippen LogP contribution in [0.4, 0.5) is 0 Å². The Kier molecular flexibility index (Phi) is 27.1. The molecule has 26 heteroatoms. The summed E-state index contributed by atoms with van der Waals surface area (Å²) in [6.45, 7) is 10.7. The van der Waals surface area contributed by atoms with Crippen molar-refractivity contribution in [1.82, 2.24) is 42.1 Å². The van der Waals surface area contributed by atoms with Gasteiger partial charge in [0.2, 0.25) is 53.2 Å². The molecule has 11 atom stereocenters. The Morgan fingerprint density at radius 3 is 1.73 bits per heavy atom. The molecule has 0 saturated carbocycles. The largest absolute Gasteiger partial charge is 0.481 e. The van der Waals surface area contributed by atoms with E-state index in [0.29, 0.717) is 25.8 Å². The van der Waals surface area contributed by atoms with E-state index in [4.69, 9.17) is 17.2 Å². The number of rotatable bonds is 32. The highest BCUT2D eigenvalue weighted by Gasteiger charge is 2.41. The minimum absolute atomic E-state index is 0.0214. The molecule has 0 bridgehead atoms. The van der Waals surface area contributed by atoms with Crippen molar-refractivity contribution in [1.29, 1.82) is 0 Å². The number of aliphatic hydroxyl groups excluding tert-OH is 2. The Morgan fingerprint density at radius 1 is 0.671 bits per heavy atom. The van der Waals surface area contributed by atoms with E-state index in [2.05, 4.69) is 37.2 Å². The van der Waals surface area contributed by atoms with Crippen LogP contribution in [-0.4, -0.2) is 171 Å². The maximum absolute atomic E-state index is 14.3. The van der Waals surface area contributed by atoms with Gasteiger partial charge in [0.05, 0.1) is 19.1 Å². The van der Waals surface area contributed by atoms with Gasteiger partial charge in [-0.2, -0.15) is 0 Å². The predicted octanol–water partition coefficient (Wildman–Crippen LogP) is -4.23. The van der Waals surface area contributed by atoms with Crippen molar-refractivity contribution in [3.05, 3.63) is 0 Å². The molecule has 26 nitrogen and oxygen atoms in total. The van der Waals surface area contributed by atoms with Crippen LogP contribution in [0.3, 0.4) is 0 Å². The first-order valence-corrected chi connectivity index (χ1v) is 23.6. The second-order valence-corrected chi connectivity index (χ2v) is 18.4. The van der Waals surface area contributed by atoms with Crippen molar-refractivity contribution < 1.29 is 73.2 Å². The van der Waals surface area contributed by atoms with E-state index in [-0.39, 0.29) is 38.1 Å². The van der Waals surface area contributed by atoms with Crippen LogP contribution >= 0.6 is 0 Å². The molecule has 1 aliphatic rings. The monoisotopic (exact) mass is 1000 g/mol. The van der Waals surface area contributed by atoms with Gasteiger partial charge in [0.15, 0.2) is 0 Å². The summed E-state index contributed by atoms with van der Waals surface area (Å²) in [4.78, 5) is 146. The van der Waals surface area contributed by atoms with Gasteiger partial charge in [-0.3, -0.25) is 47.9 Å². The van der Waals surface area contributed by atoms with Gasteiger partial charge in [-0.05, 0) is 76.2 Å². The van der Waals surface area contributed by atoms with Gasteiger partial charge in [0.25, 0.3) is 0 Å². The molecule has 0 aromatic carbocycles. The minimum atomic E-state index is -1.73. The van der Waals surface area contributed by atoms with Gasteiger partial charge < -0.3 is 79.7 Å². The number of nitrogens with one attached hydrogen (secondary N) is 7. The van der Waals surface area contributed by atoms with Crippen LogP contribution in [0, 0.1) is 17.8 Å². The third kappa shape index (κ3) is 20.5. The van der Waals surface area contributed by atoms with Crippen LogP contribution < -0.4 is 54.4 Å². The van der Waals surface area contributed by atoms with E-state index >= 15 is 0 Å². The fraction of sp³-hybridized carbons (Fsp3) is 0.750. The summed E-state index contributed by atoms with van der Waals surface area (Å²) in [5.41, 5.74) is 16.6. The molecule has 70 heavy (non-hydrogen) atoms. The number of hydrogen-bond acceptors (Lipinski definition) is 15. The third-order valence-electron chi connectivity index (χ3n) is 11.7. The summed E-state index contributed by atoms with van der Waals surface area (Å²) >= 11 is 0. The summed E-state index contributed by atoms with van der Waals surface area (Å²) in [7, 11) is 0. The van der Waals surface area contributed by atoms with Gasteiger partial charge >= 0.3 is 11.9 Å². The molecular formula is C44H77N11O15. The van der Waals surface area contributed by atoms with Gasteiger partial charge in [-0.15, -0.1) is 0 Å². The Morgan fingerprint density at radius 2 is 1.21 bits per heavy atom. The van der Waals surface area contributed by atoms with Gasteiger partial charge in [0.1, 0.15) is 54.4 Å². The second-order valence-electron chi connectivity index (χ2n) is 18.4. The molecule has 1 saturated heterocycles. The van der Waals surface area contributed by atoms with Gasteiger partial charge in [-0.1, -0.05) is 48.0 Å². The van der Waals surface area contributed by atoms with Crippen LogP contribution in [0.25, 0.3) is 0 Å². The molecule has 9 amide bonds. The fourth-order valence-corrected chi connectivity index (χ4v) is 7.38. The highest BCUT2D eigenvalue weighted by Crippen LogP contribution is 2.22. The van der Waals surface area contributed by atoms with E-state index in [1.165, 1.54) is 11.8 Å². The number of likely N-dealkylation sites (tertiary alicyclic amines) is 1. The number of carboxylic acid groups (broad SMARTS) is 2. The standard InChI is InChI=1S/C44H77N11O15/c1-8-23(6)35(54-36(61)25(14-15-32(59)60)48-38(63)29(20-56)52-40(65)33(47)24(7)57)42(67)50-27(19-31(46)58)37(62)51-28(18-21(2)3)43(68)55-17-11-13-30(55)39(64)53-34(22(4)5)41(66)49-26(44(69)70)12-9-10-16-45/h21-30,33-35,56-57H,8-20,45,47H2,1-7H3,(H2,46,58)(H,48,63)(H,49,66)(H,50,67)(H,51,62)(H,52,65)(H,53,64)(H,54,61)(H,59,60)(H,69,70)/t23-,24+,25-,26-,27-,28-,29-,30-,33-,34-,35-/m0/s1. The van der Waals surface area contributed by atoms with E-state index in [1.807, 2.05) is 0 Å². The van der Waals surface area contributed by atoms with Crippen LogP contribution in [0.1, 0.15) is 113 Å². The van der Waals surface area contributed by atoms with E-state index < -0.39 is 163 Å². The number of carbonyl (C=O) groups excluding carboxylic acids is 9. The Bertz CT molecular complexity index is 1830. The first kappa shape index (κ1) is 62.0. The molecule has 0 unspecified atom stereocenters.